The van der Waals surface area contributed by atoms with Crippen LogP contribution in [0.1, 0.15) is 71.1 Å². The van der Waals surface area contributed by atoms with Gasteiger partial charge in [-0.3, -0.25) is 4.79 Å². The number of alkyl halides is 5. The van der Waals surface area contributed by atoms with Crippen molar-refractivity contribution in [2.24, 2.45) is 11.8 Å². The molecule has 1 aliphatic rings. The maximum atomic E-state index is 12.9. The molecule has 1 aliphatic carbocycles. The second kappa shape index (κ2) is 11.0. The van der Waals surface area contributed by atoms with Crippen molar-refractivity contribution >= 4 is 5.97 Å². The van der Waals surface area contributed by atoms with Gasteiger partial charge >= 0.3 is 18.3 Å². The summed E-state index contributed by atoms with van der Waals surface area (Å²) < 4.78 is 71.3. The Morgan fingerprint density at radius 2 is 1.47 bits per heavy atom. The van der Waals surface area contributed by atoms with Gasteiger partial charge in [-0.05, 0) is 55.9 Å². The Bertz CT molecular complexity index is 650. The van der Waals surface area contributed by atoms with Gasteiger partial charge in [-0.2, -0.15) is 22.0 Å². The van der Waals surface area contributed by atoms with Crippen molar-refractivity contribution in [3.05, 3.63) is 24.3 Å². The van der Waals surface area contributed by atoms with Gasteiger partial charge in [0.25, 0.3) is 0 Å². The maximum absolute atomic E-state index is 12.9. The second-order valence-electron chi connectivity index (χ2n) is 7.93. The van der Waals surface area contributed by atoms with Crippen LogP contribution in [0.3, 0.4) is 0 Å². The predicted octanol–water partition coefficient (Wildman–Crippen LogP) is 7.29. The Hall–Kier alpha value is -1.86. The molecule has 0 amide bonds. The van der Waals surface area contributed by atoms with Gasteiger partial charge in [0, 0.05) is 0 Å². The van der Waals surface area contributed by atoms with Crippen LogP contribution < -0.4 is 9.47 Å². The summed E-state index contributed by atoms with van der Waals surface area (Å²) in [5.74, 6) is -0.558. The molecule has 0 aromatic heterocycles. The van der Waals surface area contributed by atoms with Crippen molar-refractivity contribution < 1.29 is 36.2 Å². The summed E-state index contributed by atoms with van der Waals surface area (Å²) in [6.45, 7) is 2.19. The van der Waals surface area contributed by atoms with Gasteiger partial charge < -0.3 is 9.47 Å². The van der Waals surface area contributed by atoms with Gasteiger partial charge in [-0.1, -0.05) is 45.4 Å². The topological polar surface area (TPSA) is 35.5 Å². The number of benzene rings is 1. The lowest BCUT2D eigenvalue weighted by Gasteiger charge is -2.27. The van der Waals surface area contributed by atoms with Crippen LogP contribution in [-0.4, -0.2) is 18.3 Å². The molecule has 0 saturated heterocycles. The zero-order chi connectivity index (χ0) is 22.2. The number of carbonyl (C=O) groups excluding carboxylic acids is 1. The molecule has 0 unspecified atom stereocenters. The summed E-state index contributed by atoms with van der Waals surface area (Å²) in [7, 11) is 0. The third-order valence-corrected chi connectivity index (χ3v) is 5.51. The summed E-state index contributed by atoms with van der Waals surface area (Å²) in [6, 6.07) is 4.11. The Kier molecular flexibility index (Phi) is 8.92. The van der Waals surface area contributed by atoms with Crippen molar-refractivity contribution in [2.45, 2.75) is 83.4 Å². The number of ether oxygens (including phenoxy) is 2. The smallest absolute Gasteiger partial charge is 0.426 e. The van der Waals surface area contributed by atoms with Crippen LogP contribution in [0.25, 0.3) is 0 Å². The fourth-order valence-corrected chi connectivity index (χ4v) is 3.70. The summed E-state index contributed by atoms with van der Waals surface area (Å²) >= 11 is 0. The lowest BCUT2D eigenvalue weighted by atomic mass is 9.80. The van der Waals surface area contributed by atoms with E-state index < -0.39 is 24.0 Å². The van der Waals surface area contributed by atoms with Gasteiger partial charge in [0.1, 0.15) is 11.5 Å². The highest BCUT2D eigenvalue weighted by Crippen LogP contribution is 2.38. The number of halogens is 5. The SMILES string of the molecule is CCCCCCC[C@H]1CC[C@H](C(=O)Oc2ccc(OC(F)(F)C(F)(F)F)cc2)CC1. The first-order chi connectivity index (χ1) is 14.1. The van der Waals surface area contributed by atoms with Crippen LogP contribution >= 0.6 is 0 Å². The number of unbranched alkanes of at least 4 members (excludes halogenated alkanes) is 4. The van der Waals surface area contributed by atoms with E-state index in [9.17, 15) is 26.7 Å². The molecule has 2 rings (SSSR count). The average molecular weight is 436 g/mol. The van der Waals surface area contributed by atoms with Gasteiger partial charge in [0.2, 0.25) is 0 Å². The standard InChI is InChI=1S/C22H29F5O3/c1-2-3-4-5-6-7-16-8-10-17(11-9-16)20(28)29-18-12-14-19(15-13-18)30-22(26,27)21(23,24)25/h12-17H,2-11H2,1H3/t16-,17-. The third-order valence-electron chi connectivity index (χ3n) is 5.51. The summed E-state index contributed by atoms with van der Waals surface area (Å²) in [6.07, 6.45) is -0.211. The highest BCUT2D eigenvalue weighted by Gasteiger charge is 2.61. The van der Waals surface area contributed by atoms with E-state index in [4.69, 9.17) is 4.74 Å². The highest BCUT2D eigenvalue weighted by atomic mass is 19.4. The maximum Gasteiger partial charge on any atom is 0.499 e. The van der Waals surface area contributed by atoms with Crippen molar-refractivity contribution in [2.75, 3.05) is 0 Å². The lowest BCUT2D eigenvalue weighted by molar-refractivity contribution is -0.360. The first-order valence-electron chi connectivity index (χ1n) is 10.6. The van der Waals surface area contributed by atoms with E-state index in [1.807, 2.05) is 0 Å². The Labute approximate surface area is 173 Å². The van der Waals surface area contributed by atoms with Crippen LogP contribution in [-0.2, 0) is 4.79 Å². The number of hydrogen-bond donors (Lipinski definition) is 0. The summed E-state index contributed by atoms with van der Waals surface area (Å²) in [5.41, 5.74) is 0. The number of carbonyl (C=O) groups is 1. The molecule has 170 valence electrons. The molecular formula is C22H29F5O3. The molecule has 1 aromatic carbocycles. The van der Waals surface area contributed by atoms with Gasteiger partial charge in [-0.15, -0.1) is 0 Å². The molecule has 0 spiro atoms. The van der Waals surface area contributed by atoms with Crippen molar-refractivity contribution in [3.8, 4) is 11.5 Å². The van der Waals surface area contributed by atoms with Crippen LogP contribution in [0.5, 0.6) is 11.5 Å². The van der Waals surface area contributed by atoms with E-state index in [1.54, 1.807) is 0 Å². The van der Waals surface area contributed by atoms with E-state index in [0.29, 0.717) is 5.92 Å². The molecule has 8 heteroatoms. The fourth-order valence-electron chi connectivity index (χ4n) is 3.70. The van der Waals surface area contributed by atoms with Crippen molar-refractivity contribution in [1.82, 2.24) is 0 Å². The molecule has 30 heavy (non-hydrogen) atoms. The Morgan fingerprint density at radius 1 is 0.900 bits per heavy atom. The molecule has 1 saturated carbocycles. The Morgan fingerprint density at radius 3 is 2.03 bits per heavy atom. The van der Waals surface area contributed by atoms with E-state index in [0.717, 1.165) is 49.9 Å². The monoisotopic (exact) mass is 436 g/mol. The molecule has 0 N–H and O–H groups in total. The minimum atomic E-state index is -5.81. The van der Waals surface area contributed by atoms with Gasteiger partial charge in [0.05, 0.1) is 5.92 Å². The molecule has 1 fully saturated rings. The molecule has 0 radical (unpaired) electrons. The molecular weight excluding hydrogens is 407 g/mol. The number of rotatable bonds is 10. The second-order valence-corrected chi connectivity index (χ2v) is 7.93. The van der Waals surface area contributed by atoms with Crippen LogP contribution in [0.2, 0.25) is 0 Å². The summed E-state index contributed by atoms with van der Waals surface area (Å²) in [5, 5.41) is 0. The first kappa shape index (κ1) is 24.4. The fraction of sp³-hybridized carbons (Fsp3) is 0.682. The number of esters is 1. The average Bonchev–Trinajstić information content (AvgIpc) is 2.68. The molecule has 3 nitrogen and oxygen atoms in total. The van der Waals surface area contributed by atoms with E-state index in [1.165, 1.54) is 38.5 Å². The van der Waals surface area contributed by atoms with Crippen molar-refractivity contribution in [1.29, 1.82) is 0 Å². The lowest BCUT2D eigenvalue weighted by Crippen LogP contribution is -2.41. The van der Waals surface area contributed by atoms with E-state index >= 15 is 0 Å². The normalized spacial score (nSPS) is 20.1. The van der Waals surface area contributed by atoms with Gasteiger partial charge in [-0.25, -0.2) is 0 Å². The predicted molar refractivity (Wildman–Crippen MR) is 103 cm³/mol. The van der Waals surface area contributed by atoms with E-state index in [-0.39, 0.29) is 11.7 Å². The minimum absolute atomic E-state index is 0.0840. The molecule has 0 atom stereocenters. The molecule has 0 bridgehead atoms. The van der Waals surface area contributed by atoms with E-state index in [2.05, 4.69) is 11.7 Å². The molecule has 0 heterocycles. The quantitative estimate of drug-likeness (QED) is 0.167. The minimum Gasteiger partial charge on any atom is -0.426 e. The first-order valence-corrected chi connectivity index (χ1v) is 10.6. The Balaban J connectivity index is 1.75. The zero-order valence-electron chi connectivity index (χ0n) is 17.1. The number of hydrogen-bond acceptors (Lipinski definition) is 3. The highest BCUT2D eigenvalue weighted by molar-refractivity contribution is 5.75. The van der Waals surface area contributed by atoms with Crippen LogP contribution in [0.15, 0.2) is 24.3 Å². The third kappa shape index (κ3) is 7.43. The zero-order valence-corrected chi connectivity index (χ0v) is 17.1. The molecule has 1 aromatic rings. The van der Waals surface area contributed by atoms with Gasteiger partial charge in [0.15, 0.2) is 0 Å². The molecule has 0 aliphatic heterocycles. The van der Waals surface area contributed by atoms with Crippen LogP contribution in [0, 0.1) is 11.8 Å². The van der Waals surface area contributed by atoms with Crippen molar-refractivity contribution in [3.63, 3.8) is 0 Å². The van der Waals surface area contributed by atoms with Crippen LogP contribution in [0.4, 0.5) is 22.0 Å². The largest absolute Gasteiger partial charge is 0.499 e. The summed E-state index contributed by atoms with van der Waals surface area (Å²) in [4.78, 5) is 12.3.